The molecule has 1 aliphatic heterocycles. The fraction of sp³-hybridized carbons (Fsp3) is 0.484. The zero-order valence-electron chi connectivity index (χ0n) is 24.7. The summed E-state index contributed by atoms with van der Waals surface area (Å²) < 4.78 is 20.4. The number of pyridine rings is 1. The van der Waals surface area contributed by atoms with Crippen LogP contribution >= 0.6 is 38.5 Å². The van der Waals surface area contributed by atoms with Crippen LogP contribution in [0.4, 0.5) is 10.5 Å². The molecule has 0 spiro atoms. The summed E-state index contributed by atoms with van der Waals surface area (Å²) in [6.45, 7) is 11.8. The minimum Gasteiger partial charge on any atom is -0.479 e. The van der Waals surface area contributed by atoms with Gasteiger partial charge in [0.15, 0.2) is 5.75 Å². The van der Waals surface area contributed by atoms with E-state index < -0.39 is 11.7 Å². The summed E-state index contributed by atoms with van der Waals surface area (Å²) in [5, 5.41) is 10.5. The summed E-state index contributed by atoms with van der Waals surface area (Å²) in [4.78, 5) is 20.2. The van der Waals surface area contributed by atoms with E-state index in [4.69, 9.17) is 19.2 Å². The summed E-state index contributed by atoms with van der Waals surface area (Å²) in [5.74, 6) is 1.08. The number of carboxylic acid groups (broad SMARTS) is 1. The molecule has 0 radical (unpaired) electrons. The van der Waals surface area contributed by atoms with Crippen molar-refractivity contribution in [2.75, 3.05) is 38.8 Å². The minimum atomic E-state index is -0.894. The van der Waals surface area contributed by atoms with E-state index in [0.717, 1.165) is 31.1 Å². The van der Waals surface area contributed by atoms with E-state index in [0.29, 0.717) is 36.8 Å². The molecule has 0 bridgehead atoms. The number of halogens is 2. The van der Waals surface area contributed by atoms with Gasteiger partial charge in [-0.15, -0.1) is 0 Å². The van der Waals surface area contributed by atoms with Crippen LogP contribution in [-0.4, -0.2) is 67.1 Å². The number of hydrogen-bond donors (Lipinski definition) is 1. The molecule has 0 saturated carbocycles. The lowest BCUT2D eigenvalue weighted by Gasteiger charge is -2.43. The molecule has 41 heavy (non-hydrogen) atoms. The lowest BCUT2D eigenvalue weighted by molar-refractivity contribution is -0.0212. The Balaban J connectivity index is 1.91. The Morgan fingerprint density at radius 1 is 1.24 bits per heavy atom. The van der Waals surface area contributed by atoms with Gasteiger partial charge in [0, 0.05) is 53.7 Å². The molecule has 1 aliphatic rings. The lowest BCUT2D eigenvalue weighted by atomic mass is 9.73. The van der Waals surface area contributed by atoms with Crippen LogP contribution in [0.5, 0.6) is 11.6 Å². The summed E-state index contributed by atoms with van der Waals surface area (Å²) >= 11 is 6.14. The maximum Gasteiger partial charge on any atom is 0.407 e. The summed E-state index contributed by atoms with van der Waals surface area (Å²) in [6, 6.07) is 14.3. The number of rotatable bonds is 9. The van der Waals surface area contributed by atoms with Gasteiger partial charge >= 0.3 is 6.09 Å². The minimum absolute atomic E-state index is 0.0114. The third kappa shape index (κ3) is 6.54. The van der Waals surface area contributed by atoms with Crippen molar-refractivity contribution in [1.82, 2.24) is 9.88 Å². The summed E-state index contributed by atoms with van der Waals surface area (Å²) in [7, 11) is 3.66. The first-order valence-corrected chi connectivity index (χ1v) is 15.6. The highest BCUT2D eigenvalue weighted by Gasteiger charge is 2.43. The van der Waals surface area contributed by atoms with Crippen molar-refractivity contribution in [3.63, 3.8) is 0 Å². The Morgan fingerprint density at radius 2 is 1.93 bits per heavy atom. The average Bonchev–Trinajstić information content (AvgIpc) is 3.44. The van der Waals surface area contributed by atoms with Crippen LogP contribution in [0.25, 0.3) is 10.9 Å². The third-order valence-corrected chi connectivity index (χ3v) is 10.6. The number of aromatic nitrogens is 1. The van der Waals surface area contributed by atoms with Crippen molar-refractivity contribution in [3.8, 4) is 11.6 Å². The molecular formula is C31H39BrIN3O5. The number of likely N-dealkylation sites (tertiary alicyclic amines) is 1. The normalized spacial score (nSPS) is 17.8. The maximum absolute atomic E-state index is 11.7. The highest BCUT2D eigenvalue weighted by molar-refractivity contribution is 14.1. The van der Waals surface area contributed by atoms with Crippen molar-refractivity contribution >= 4 is 61.2 Å². The smallest absolute Gasteiger partial charge is 0.407 e. The largest absolute Gasteiger partial charge is 0.479 e. The number of benzene rings is 2. The molecule has 1 amide bonds. The Hall–Kier alpha value is -2.31. The van der Waals surface area contributed by atoms with Crippen LogP contribution in [-0.2, 0) is 10.3 Å². The number of fused-ring (bicyclic) bond motifs is 1. The van der Waals surface area contributed by atoms with E-state index >= 15 is 0 Å². The standard InChI is InChI=1S/C31H39BrIN3O5/c1-19(39-7)18-40-25-16-24(35(6)21-13-14-36(17-21)29(37)38)22-15-23(33)26(32)28(27(22)34-25)41-31(5,30(2,3)4)20-11-9-8-10-12-20/h8-12,15-16,19,21H,13-14,17-18H2,1-7H3,(H,37,38)/t19-,21-,31?/m0/s1. The van der Waals surface area contributed by atoms with Crippen LogP contribution in [0.2, 0.25) is 0 Å². The molecule has 2 aromatic carbocycles. The van der Waals surface area contributed by atoms with E-state index in [-0.39, 0.29) is 17.6 Å². The first-order valence-electron chi connectivity index (χ1n) is 13.7. The Morgan fingerprint density at radius 3 is 2.51 bits per heavy atom. The molecule has 8 nitrogen and oxygen atoms in total. The Kier molecular flexibility index (Phi) is 9.65. The van der Waals surface area contributed by atoms with Crippen molar-refractivity contribution < 1.29 is 24.1 Å². The van der Waals surface area contributed by atoms with Crippen molar-refractivity contribution in [2.45, 2.75) is 58.8 Å². The first kappa shape index (κ1) is 31.6. The van der Waals surface area contributed by atoms with Gasteiger partial charge in [-0.1, -0.05) is 51.1 Å². The molecule has 3 aromatic rings. The molecule has 1 N–H and O–H groups in total. The zero-order chi connectivity index (χ0) is 30.1. The molecular weight excluding hydrogens is 701 g/mol. The van der Waals surface area contributed by atoms with E-state index in [1.807, 2.05) is 38.2 Å². The number of nitrogens with zero attached hydrogens (tertiary/aromatic N) is 3. The van der Waals surface area contributed by atoms with Gasteiger partial charge in [0.05, 0.1) is 16.3 Å². The Labute approximate surface area is 264 Å². The van der Waals surface area contributed by atoms with Crippen LogP contribution in [0.3, 0.4) is 0 Å². The number of amides is 1. The van der Waals surface area contributed by atoms with Crippen molar-refractivity contribution in [2.24, 2.45) is 5.41 Å². The number of anilines is 1. The molecule has 1 aromatic heterocycles. The monoisotopic (exact) mass is 739 g/mol. The first-order chi connectivity index (χ1) is 19.3. The number of methoxy groups -OCH3 is 1. The van der Waals surface area contributed by atoms with Crippen LogP contribution in [0.15, 0.2) is 46.9 Å². The predicted octanol–water partition coefficient (Wildman–Crippen LogP) is 7.54. The van der Waals surface area contributed by atoms with E-state index in [2.05, 4.69) is 89.3 Å². The second kappa shape index (κ2) is 12.5. The van der Waals surface area contributed by atoms with Gasteiger partial charge in [0.25, 0.3) is 0 Å². The molecule has 0 aliphatic carbocycles. The van der Waals surface area contributed by atoms with Gasteiger partial charge in [-0.25, -0.2) is 9.78 Å². The van der Waals surface area contributed by atoms with Crippen LogP contribution in [0.1, 0.15) is 46.6 Å². The molecule has 222 valence electrons. The summed E-state index contributed by atoms with van der Waals surface area (Å²) in [5.41, 5.74) is 1.66. The average molecular weight is 740 g/mol. The maximum atomic E-state index is 11.7. The van der Waals surface area contributed by atoms with Crippen molar-refractivity contribution in [1.29, 1.82) is 0 Å². The number of ether oxygens (including phenoxy) is 3. The Bertz CT molecular complexity index is 1400. The summed E-state index contributed by atoms with van der Waals surface area (Å²) in [6.07, 6.45) is -0.278. The molecule has 3 atom stereocenters. The number of carbonyl (C=O) groups is 1. The second-order valence-corrected chi connectivity index (χ2v) is 13.7. The van der Waals surface area contributed by atoms with Gasteiger partial charge in [-0.2, -0.15) is 0 Å². The highest BCUT2D eigenvalue weighted by Crippen LogP contribution is 2.48. The number of hydrogen-bond acceptors (Lipinski definition) is 6. The van der Waals surface area contributed by atoms with Gasteiger partial charge in [-0.05, 0) is 70.4 Å². The van der Waals surface area contributed by atoms with E-state index in [1.54, 1.807) is 7.11 Å². The molecule has 1 saturated heterocycles. The number of likely N-dealkylation sites (N-methyl/N-ethyl adjacent to an activating group) is 1. The van der Waals surface area contributed by atoms with Gasteiger partial charge < -0.3 is 29.1 Å². The molecule has 4 rings (SSSR count). The van der Waals surface area contributed by atoms with Gasteiger partial charge in [0.2, 0.25) is 5.88 Å². The molecule has 1 fully saturated rings. The second-order valence-electron chi connectivity index (χ2n) is 11.8. The van der Waals surface area contributed by atoms with Gasteiger partial charge in [-0.3, -0.25) is 0 Å². The molecule has 1 unspecified atom stereocenters. The zero-order valence-corrected chi connectivity index (χ0v) is 28.4. The quantitative estimate of drug-likeness (QED) is 0.227. The van der Waals surface area contributed by atoms with Crippen LogP contribution in [0, 0.1) is 8.99 Å². The fourth-order valence-electron chi connectivity index (χ4n) is 5.00. The molecule has 10 heteroatoms. The van der Waals surface area contributed by atoms with Gasteiger partial charge in [0.1, 0.15) is 17.7 Å². The highest BCUT2D eigenvalue weighted by atomic mass is 127. The van der Waals surface area contributed by atoms with Crippen molar-refractivity contribution in [3.05, 3.63) is 56.1 Å². The van der Waals surface area contributed by atoms with E-state index in [1.165, 1.54) is 4.90 Å². The predicted molar refractivity (Wildman–Crippen MR) is 174 cm³/mol. The SMILES string of the molecule is CO[C@@H](C)COc1cc(N(C)[C@H]2CCN(C(=O)O)C2)c2cc(I)c(Br)c(OC(C)(c3ccccc3)C(C)(C)C)c2n1. The van der Waals surface area contributed by atoms with E-state index in [9.17, 15) is 9.90 Å². The van der Waals surface area contributed by atoms with Crippen LogP contribution < -0.4 is 14.4 Å². The fourth-order valence-corrected chi connectivity index (χ4v) is 5.94. The third-order valence-electron chi connectivity index (χ3n) is 8.20. The topological polar surface area (TPSA) is 84.4 Å². The lowest BCUT2D eigenvalue weighted by Crippen LogP contribution is -2.42. The molecule has 2 heterocycles.